The van der Waals surface area contributed by atoms with Crippen molar-refractivity contribution in [3.8, 4) is 0 Å². The second-order valence-corrected chi connectivity index (χ2v) is 5.50. The number of halogens is 4. The smallest absolute Gasteiger partial charge is 0.349 e. The minimum atomic E-state index is -4.81. The van der Waals surface area contributed by atoms with E-state index < -0.39 is 23.5 Å². The zero-order valence-corrected chi connectivity index (χ0v) is 11.6. The van der Waals surface area contributed by atoms with Gasteiger partial charge in [-0.05, 0) is 43.9 Å². The Morgan fingerprint density at radius 1 is 1.29 bits per heavy atom. The minimum Gasteiger partial charge on any atom is -0.349 e. The Balaban J connectivity index is 2.12. The first-order valence-electron chi connectivity index (χ1n) is 6.96. The molecule has 1 aliphatic carbocycles. The van der Waals surface area contributed by atoms with Crippen LogP contribution < -0.4 is 5.32 Å². The van der Waals surface area contributed by atoms with Crippen molar-refractivity contribution in [2.75, 3.05) is 0 Å². The second kappa shape index (κ2) is 6.03. The van der Waals surface area contributed by atoms with Crippen LogP contribution in [0, 0.1) is 11.7 Å². The average molecular weight is 303 g/mol. The van der Waals surface area contributed by atoms with Crippen LogP contribution in [-0.4, -0.2) is 11.9 Å². The molecule has 1 aromatic rings. The summed E-state index contributed by atoms with van der Waals surface area (Å²) in [6.45, 7) is 1.85. The summed E-state index contributed by atoms with van der Waals surface area (Å²) < 4.78 is 51.1. The molecule has 21 heavy (non-hydrogen) atoms. The molecular weight excluding hydrogens is 286 g/mol. The van der Waals surface area contributed by atoms with Gasteiger partial charge in [-0.15, -0.1) is 0 Å². The van der Waals surface area contributed by atoms with Gasteiger partial charge in [-0.3, -0.25) is 4.79 Å². The number of alkyl halides is 3. The fourth-order valence-electron chi connectivity index (χ4n) is 2.75. The van der Waals surface area contributed by atoms with Crippen LogP contribution in [-0.2, 0) is 6.18 Å². The van der Waals surface area contributed by atoms with Gasteiger partial charge in [-0.25, -0.2) is 4.39 Å². The summed E-state index contributed by atoms with van der Waals surface area (Å²) in [5.41, 5.74) is -1.59. The van der Waals surface area contributed by atoms with Crippen molar-refractivity contribution in [3.05, 3.63) is 35.1 Å². The maximum Gasteiger partial charge on any atom is 0.419 e. The fraction of sp³-hybridized carbons (Fsp3) is 0.533. The van der Waals surface area contributed by atoms with Gasteiger partial charge in [0.2, 0.25) is 0 Å². The number of rotatable bonds is 3. The number of benzene rings is 1. The monoisotopic (exact) mass is 303 g/mol. The first-order valence-corrected chi connectivity index (χ1v) is 6.96. The molecule has 2 nitrogen and oxygen atoms in total. The van der Waals surface area contributed by atoms with Gasteiger partial charge in [0.1, 0.15) is 5.82 Å². The Morgan fingerprint density at radius 3 is 2.48 bits per heavy atom. The van der Waals surface area contributed by atoms with E-state index in [-0.39, 0.29) is 11.6 Å². The van der Waals surface area contributed by atoms with Gasteiger partial charge in [0.25, 0.3) is 5.91 Å². The van der Waals surface area contributed by atoms with Crippen LogP contribution in [0.5, 0.6) is 0 Å². The third kappa shape index (κ3) is 3.74. The molecule has 116 valence electrons. The molecule has 0 aliphatic heterocycles. The highest BCUT2D eigenvalue weighted by Gasteiger charge is 2.35. The number of hydrogen-bond acceptors (Lipinski definition) is 1. The molecule has 2 rings (SSSR count). The number of carbonyl (C=O) groups excluding carboxylic acids is 1. The Morgan fingerprint density at radius 2 is 1.90 bits per heavy atom. The van der Waals surface area contributed by atoms with Crippen LogP contribution in [0.3, 0.4) is 0 Å². The standard InChI is InChI=1S/C15H17F4NO/c1-9(10-4-2-3-5-10)20-14(21)11-6-7-13(16)12(8-11)15(17,18)19/h6-10H,2-5H2,1H3,(H,20,21). The maximum atomic E-state index is 13.2. The number of hydrogen-bond donors (Lipinski definition) is 1. The summed E-state index contributed by atoms with van der Waals surface area (Å²) in [5.74, 6) is -1.61. The highest BCUT2D eigenvalue weighted by molar-refractivity contribution is 5.94. The summed E-state index contributed by atoms with van der Waals surface area (Å²) in [6.07, 6.45) is -0.561. The molecule has 1 saturated carbocycles. The molecule has 0 spiro atoms. The van der Waals surface area contributed by atoms with Crippen LogP contribution in [0.25, 0.3) is 0 Å². The summed E-state index contributed by atoms with van der Waals surface area (Å²) in [4.78, 5) is 12.0. The van der Waals surface area contributed by atoms with Gasteiger partial charge in [-0.1, -0.05) is 12.8 Å². The Hall–Kier alpha value is -1.59. The third-order valence-electron chi connectivity index (χ3n) is 4.00. The van der Waals surface area contributed by atoms with E-state index in [4.69, 9.17) is 0 Å². The Bertz CT molecular complexity index is 521. The van der Waals surface area contributed by atoms with Crippen molar-refractivity contribution in [1.29, 1.82) is 0 Å². The van der Waals surface area contributed by atoms with Crippen LogP contribution in [0.15, 0.2) is 18.2 Å². The largest absolute Gasteiger partial charge is 0.419 e. The summed E-state index contributed by atoms with van der Waals surface area (Å²) in [5, 5.41) is 2.71. The van der Waals surface area contributed by atoms with E-state index in [1.807, 2.05) is 6.92 Å². The molecule has 1 aliphatic rings. The van der Waals surface area contributed by atoms with Crippen molar-refractivity contribution in [3.63, 3.8) is 0 Å². The van der Waals surface area contributed by atoms with E-state index in [2.05, 4.69) is 5.32 Å². The molecule has 1 amide bonds. The lowest BCUT2D eigenvalue weighted by Crippen LogP contribution is -2.37. The van der Waals surface area contributed by atoms with E-state index in [1.165, 1.54) is 0 Å². The molecule has 0 saturated heterocycles. The van der Waals surface area contributed by atoms with Crippen LogP contribution in [0.2, 0.25) is 0 Å². The molecule has 1 unspecified atom stereocenters. The van der Waals surface area contributed by atoms with E-state index in [1.54, 1.807) is 0 Å². The van der Waals surface area contributed by atoms with E-state index >= 15 is 0 Å². The van der Waals surface area contributed by atoms with E-state index in [0.29, 0.717) is 18.1 Å². The van der Waals surface area contributed by atoms with Crippen LogP contribution >= 0.6 is 0 Å². The first kappa shape index (κ1) is 15.8. The van der Waals surface area contributed by atoms with Crippen molar-refractivity contribution < 1.29 is 22.4 Å². The number of carbonyl (C=O) groups is 1. The molecule has 0 radical (unpaired) electrons. The zero-order chi connectivity index (χ0) is 15.6. The van der Waals surface area contributed by atoms with Crippen molar-refractivity contribution in [1.82, 2.24) is 5.32 Å². The lowest BCUT2D eigenvalue weighted by atomic mass is 9.99. The van der Waals surface area contributed by atoms with Crippen molar-refractivity contribution in [2.24, 2.45) is 5.92 Å². The molecule has 6 heteroatoms. The highest BCUT2D eigenvalue weighted by atomic mass is 19.4. The summed E-state index contributed by atoms with van der Waals surface area (Å²) in [6, 6.07) is 2.21. The van der Waals surface area contributed by atoms with Gasteiger partial charge in [0.15, 0.2) is 0 Å². The molecule has 1 aromatic carbocycles. The van der Waals surface area contributed by atoms with Gasteiger partial charge < -0.3 is 5.32 Å². The van der Waals surface area contributed by atoms with Crippen LogP contribution in [0.4, 0.5) is 17.6 Å². The van der Waals surface area contributed by atoms with Crippen molar-refractivity contribution >= 4 is 5.91 Å². The normalized spacial score (nSPS) is 17.8. The van der Waals surface area contributed by atoms with E-state index in [0.717, 1.165) is 31.7 Å². The second-order valence-electron chi connectivity index (χ2n) is 5.50. The number of nitrogens with one attached hydrogen (secondary N) is 1. The summed E-state index contributed by atoms with van der Waals surface area (Å²) in [7, 11) is 0. The lowest BCUT2D eigenvalue weighted by Gasteiger charge is -2.20. The molecular formula is C15H17F4NO. The Kier molecular flexibility index (Phi) is 4.54. The molecule has 1 fully saturated rings. The first-order chi connectivity index (χ1) is 9.79. The van der Waals surface area contributed by atoms with Crippen LogP contribution in [0.1, 0.15) is 48.5 Å². The number of amides is 1. The molecule has 1 atom stereocenters. The van der Waals surface area contributed by atoms with Gasteiger partial charge in [0, 0.05) is 11.6 Å². The quantitative estimate of drug-likeness (QED) is 0.835. The molecule has 1 N–H and O–H groups in total. The van der Waals surface area contributed by atoms with Crippen molar-refractivity contribution in [2.45, 2.75) is 44.8 Å². The SMILES string of the molecule is CC(NC(=O)c1ccc(F)c(C(F)(F)F)c1)C1CCCC1. The maximum absolute atomic E-state index is 13.2. The minimum absolute atomic E-state index is 0.0978. The fourth-order valence-corrected chi connectivity index (χ4v) is 2.75. The highest BCUT2D eigenvalue weighted by Crippen LogP contribution is 2.32. The van der Waals surface area contributed by atoms with Gasteiger partial charge in [-0.2, -0.15) is 13.2 Å². The zero-order valence-electron chi connectivity index (χ0n) is 11.6. The average Bonchev–Trinajstić information content (AvgIpc) is 2.91. The Labute approximate surface area is 120 Å². The predicted molar refractivity (Wildman–Crippen MR) is 70.3 cm³/mol. The predicted octanol–water partition coefficient (Wildman–Crippen LogP) is 4.15. The van der Waals surface area contributed by atoms with Gasteiger partial charge in [0.05, 0.1) is 5.56 Å². The van der Waals surface area contributed by atoms with E-state index in [9.17, 15) is 22.4 Å². The molecule has 0 heterocycles. The topological polar surface area (TPSA) is 29.1 Å². The lowest BCUT2D eigenvalue weighted by molar-refractivity contribution is -0.140. The van der Waals surface area contributed by atoms with Gasteiger partial charge >= 0.3 is 6.18 Å². The third-order valence-corrected chi connectivity index (χ3v) is 4.00. The molecule has 0 bridgehead atoms. The molecule has 0 aromatic heterocycles. The summed E-state index contributed by atoms with van der Waals surface area (Å²) >= 11 is 0.